The van der Waals surface area contributed by atoms with Crippen LogP contribution in [0.1, 0.15) is 25.3 Å². The van der Waals surface area contributed by atoms with Crippen LogP contribution in [-0.2, 0) is 11.2 Å². The first kappa shape index (κ1) is 18.3. The number of hydrogen-bond acceptors (Lipinski definition) is 3. The van der Waals surface area contributed by atoms with Crippen molar-refractivity contribution in [1.82, 2.24) is 10.6 Å². The molecule has 0 amide bonds. The molecular formula is C19H29N3O2. The Hall–Kier alpha value is -2.01. The molecule has 0 atom stereocenters. The first-order valence-corrected chi connectivity index (χ1v) is 8.77. The monoisotopic (exact) mass is 331 g/mol. The minimum Gasteiger partial charge on any atom is -0.494 e. The smallest absolute Gasteiger partial charge is 0.191 e. The first-order valence-electron chi connectivity index (χ1n) is 8.77. The van der Waals surface area contributed by atoms with Gasteiger partial charge in [-0.25, -0.2) is 0 Å². The maximum absolute atomic E-state index is 5.67. The maximum atomic E-state index is 5.67. The Balaban J connectivity index is 1.92. The summed E-state index contributed by atoms with van der Waals surface area (Å²) in [6.07, 6.45) is 4.72. The summed E-state index contributed by atoms with van der Waals surface area (Å²) < 4.78 is 11.1. The topological polar surface area (TPSA) is 54.9 Å². The highest BCUT2D eigenvalue weighted by Gasteiger charge is 2.14. The predicted molar refractivity (Wildman–Crippen MR) is 98.8 cm³/mol. The summed E-state index contributed by atoms with van der Waals surface area (Å²) in [6, 6.07) is 8.58. The standard InChI is InChI=1S/C19H29N3O2/c1-3-12-20-19(22-17-10-14-23-15-11-17)21-13-9-16-7-5-6-8-18(16)24-4-2/h3,5-8,17H,1,4,9-15H2,2H3,(H2,20,21,22). The SMILES string of the molecule is C=CCNC(=NCCc1ccccc1OCC)NC1CCOCC1. The number of para-hydroxylation sites is 1. The van der Waals surface area contributed by atoms with Crippen molar-refractivity contribution in [2.24, 2.45) is 4.99 Å². The summed E-state index contributed by atoms with van der Waals surface area (Å²) in [5, 5.41) is 6.79. The average molecular weight is 331 g/mol. The van der Waals surface area contributed by atoms with Gasteiger partial charge in [0.15, 0.2) is 5.96 Å². The van der Waals surface area contributed by atoms with E-state index in [1.165, 1.54) is 5.56 Å². The van der Waals surface area contributed by atoms with E-state index in [1.807, 2.05) is 31.2 Å². The van der Waals surface area contributed by atoms with Gasteiger partial charge in [0.2, 0.25) is 0 Å². The molecule has 0 bridgehead atoms. The lowest BCUT2D eigenvalue weighted by Gasteiger charge is -2.25. The van der Waals surface area contributed by atoms with Gasteiger partial charge in [-0.1, -0.05) is 24.3 Å². The van der Waals surface area contributed by atoms with E-state index in [0.29, 0.717) is 25.7 Å². The Bertz CT molecular complexity index is 525. The number of nitrogens with zero attached hydrogens (tertiary/aromatic N) is 1. The van der Waals surface area contributed by atoms with Gasteiger partial charge in [-0.2, -0.15) is 0 Å². The molecule has 0 radical (unpaired) electrons. The normalized spacial score (nSPS) is 15.8. The fourth-order valence-electron chi connectivity index (χ4n) is 2.65. The number of aliphatic imine (C=N–C) groups is 1. The minimum atomic E-state index is 0.422. The number of rotatable bonds is 8. The molecule has 24 heavy (non-hydrogen) atoms. The van der Waals surface area contributed by atoms with E-state index in [0.717, 1.165) is 44.2 Å². The van der Waals surface area contributed by atoms with Crippen LogP contribution in [0.2, 0.25) is 0 Å². The Morgan fingerprint density at radius 2 is 2.17 bits per heavy atom. The third-order valence-electron chi connectivity index (χ3n) is 3.90. The van der Waals surface area contributed by atoms with E-state index in [9.17, 15) is 0 Å². The van der Waals surface area contributed by atoms with Crippen molar-refractivity contribution in [3.63, 3.8) is 0 Å². The quantitative estimate of drug-likeness (QED) is 0.437. The van der Waals surface area contributed by atoms with Crippen LogP contribution in [0.3, 0.4) is 0 Å². The van der Waals surface area contributed by atoms with Crippen LogP contribution >= 0.6 is 0 Å². The molecule has 0 aliphatic carbocycles. The van der Waals surface area contributed by atoms with E-state index in [1.54, 1.807) is 0 Å². The lowest BCUT2D eigenvalue weighted by atomic mass is 10.1. The molecule has 1 aliphatic rings. The molecule has 0 spiro atoms. The van der Waals surface area contributed by atoms with Crippen molar-refractivity contribution >= 4 is 5.96 Å². The molecule has 1 aromatic rings. The molecule has 1 heterocycles. The van der Waals surface area contributed by atoms with E-state index < -0.39 is 0 Å². The van der Waals surface area contributed by atoms with Gasteiger partial charge in [-0.3, -0.25) is 4.99 Å². The summed E-state index contributed by atoms with van der Waals surface area (Å²) in [7, 11) is 0. The van der Waals surface area contributed by atoms with E-state index in [4.69, 9.17) is 14.5 Å². The molecule has 5 nitrogen and oxygen atoms in total. The summed E-state index contributed by atoms with van der Waals surface area (Å²) >= 11 is 0. The van der Waals surface area contributed by atoms with Crippen molar-refractivity contribution < 1.29 is 9.47 Å². The molecule has 1 saturated heterocycles. The second-order valence-electron chi connectivity index (χ2n) is 5.72. The summed E-state index contributed by atoms with van der Waals surface area (Å²) in [5.41, 5.74) is 1.19. The molecule has 132 valence electrons. The van der Waals surface area contributed by atoms with Crippen LogP contribution in [0.15, 0.2) is 41.9 Å². The van der Waals surface area contributed by atoms with Crippen LogP contribution in [0, 0.1) is 0 Å². The molecule has 2 N–H and O–H groups in total. The molecule has 0 saturated carbocycles. The molecule has 1 aromatic carbocycles. The molecular weight excluding hydrogens is 302 g/mol. The van der Waals surface area contributed by atoms with Gasteiger partial charge in [0, 0.05) is 32.3 Å². The van der Waals surface area contributed by atoms with Crippen LogP contribution in [0.4, 0.5) is 0 Å². The number of nitrogens with one attached hydrogen (secondary N) is 2. The maximum Gasteiger partial charge on any atom is 0.191 e. The third-order valence-corrected chi connectivity index (χ3v) is 3.90. The van der Waals surface area contributed by atoms with Gasteiger partial charge in [0.25, 0.3) is 0 Å². The van der Waals surface area contributed by atoms with E-state index >= 15 is 0 Å². The predicted octanol–water partition coefficient (Wildman–Crippen LogP) is 2.53. The highest BCUT2D eigenvalue weighted by Crippen LogP contribution is 2.18. The van der Waals surface area contributed by atoms with Crippen molar-refractivity contribution in [3.8, 4) is 5.75 Å². The average Bonchev–Trinajstić information content (AvgIpc) is 2.62. The molecule has 0 aromatic heterocycles. The van der Waals surface area contributed by atoms with Gasteiger partial charge < -0.3 is 20.1 Å². The highest BCUT2D eigenvalue weighted by atomic mass is 16.5. The van der Waals surface area contributed by atoms with Crippen molar-refractivity contribution in [1.29, 1.82) is 0 Å². The zero-order valence-corrected chi connectivity index (χ0v) is 14.6. The zero-order chi connectivity index (χ0) is 17.0. The Morgan fingerprint density at radius 1 is 1.38 bits per heavy atom. The second kappa shape index (κ2) is 10.7. The lowest BCUT2D eigenvalue weighted by molar-refractivity contribution is 0.0822. The summed E-state index contributed by atoms with van der Waals surface area (Å²) in [6.45, 7) is 9.47. The van der Waals surface area contributed by atoms with Gasteiger partial charge in [-0.15, -0.1) is 6.58 Å². The number of benzene rings is 1. The van der Waals surface area contributed by atoms with E-state index in [2.05, 4.69) is 23.3 Å². The largest absolute Gasteiger partial charge is 0.494 e. The van der Waals surface area contributed by atoms with Crippen molar-refractivity contribution in [2.75, 3.05) is 32.9 Å². The molecule has 2 rings (SSSR count). The molecule has 5 heteroatoms. The van der Waals surface area contributed by atoms with E-state index in [-0.39, 0.29) is 0 Å². The zero-order valence-electron chi connectivity index (χ0n) is 14.6. The Labute approximate surface area is 145 Å². The summed E-state index contributed by atoms with van der Waals surface area (Å²) in [5.74, 6) is 1.80. The molecule has 1 aliphatic heterocycles. The van der Waals surface area contributed by atoms with Gasteiger partial charge in [-0.05, 0) is 37.8 Å². The highest BCUT2D eigenvalue weighted by molar-refractivity contribution is 5.80. The van der Waals surface area contributed by atoms with Crippen LogP contribution in [0.25, 0.3) is 0 Å². The van der Waals surface area contributed by atoms with Gasteiger partial charge in [0.1, 0.15) is 5.75 Å². The first-order chi connectivity index (χ1) is 11.8. The second-order valence-corrected chi connectivity index (χ2v) is 5.72. The Kier molecular flexibility index (Phi) is 8.18. The molecule has 0 unspecified atom stereocenters. The number of ether oxygens (including phenoxy) is 2. The minimum absolute atomic E-state index is 0.422. The molecule has 1 fully saturated rings. The Morgan fingerprint density at radius 3 is 2.92 bits per heavy atom. The third kappa shape index (κ3) is 6.24. The van der Waals surface area contributed by atoms with Crippen LogP contribution in [0.5, 0.6) is 5.75 Å². The number of guanidine groups is 1. The summed E-state index contributed by atoms with van der Waals surface area (Å²) in [4.78, 5) is 4.70. The number of hydrogen-bond donors (Lipinski definition) is 2. The van der Waals surface area contributed by atoms with Gasteiger partial charge in [0.05, 0.1) is 6.61 Å². The fraction of sp³-hybridized carbons (Fsp3) is 0.526. The van der Waals surface area contributed by atoms with Gasteiger partial charge >= 0.3 is 0 Å². The van der Waals surface area contributed by atoms with Crippen molar-refractivity contribution in [2.45, 2.75) is 32.2 Å². The fourth-order valence-corrected chi connectivity index (χ4v) is 2.65. The van der Waals surface area contributed by atoms with Crippen molar-refractivity contribution in [3.05, 3.63) is 42.5 Å². The van der Waals surface area contributed by atoms with Crippen LogP contribution < -0.4 is 15.4 Å². The lowest BCUT2D eigenvalue weighted by Crippen LogP contribution is -2.45. The van der Waals surface area contributed by atoms with Crippen LogP contribution in [-0.4, -0.2) is 44.9 Å².